The fourth-order valence-corrected chi connectivity index (χ4v) is 4.03. The van der Waals surface area contributed by atoms with Crippen molar-refractivity contribution in [2.24, 2.45) is 7.05 Å². The van der Waals surface area contributed by atoms with Crippen LogP contribution in [0.1, 0.15) is 23.3 Å². The first-order valence-corrected chi connectivity index (χ1v) is 10.3. The number of aryl methyl sites for hydroxylation is 1. The largest absolute Gasteiger partial charge is 0.423 e. The van der Waals surface area contributed by atoms with Gasteiger partial charge in [0, 0.05) is 25.7 Å². The molecule has 2 aromatic carbocycles. The van der Waals surface area contributed by atoms with Gasteiger partial charge in [0.1, 0.15) is 17.0 Å². The summed E-state index contributed by atoms with van der Waals surface area (Å²) in [6.07, 6.45) is 1.96. The molecule has 0 saturated carbocycles. The fraction of sp³-hybridized carbons (Fsp3) is 0.261. The third-order valence-electron chi connectivity index (χ3n) is 5.66. The Balaban J connectivity index is 1.28. The number of amides is 1. The standard InChI is InChI=1S/C23H22FN5O2/c1-28-20(13-19(27-28)15-8-10-16(24)11-9-15)22(30)25-14-17-5-4-12-29(17)23-26-18-6-2-3-7-21(18)31-23/h2-3,6-11,13,17H,4-5,12,14H2,1H3,(H,25,30). The van der Waals surface area contributed by atoms with Gasteiger partial charge in [0.05, 0.1) is 11.7 Å². The highest BCUT2D eigenvalue weighted by Gasteiger charge is 2.29. The zero-order chi connectivity index (χ0) is 21.4. The van der Waals surface area contributed by atoms with Crippen molar-refractivity contribution < 1.29 is 13.6 Å². The fourth-order valence-electron chi connectivity index (χ4n) is 4.03. The Bertz CT molecular complexity index is 1200. The molecule has 4 aromatic rings. The summed E-state index contributed by atoms with van der Waals surface area (Å²) in [6, 6.07) is 16.2. The lowest BCUT2D eigenvalue weighted by Crippen LogP contribution is -2.40. The Labute approximate surface area is 178 Å². The second kappa shape index (κ2) is 7.86. The lowest BCUT2D eigenvalue weighted by molar-refractivity contribution is 0.0941. The SMILES string of the molecule is Cn1nc(-c2ccc(F)cc2)cc1C(=O)NCC1CCCN1c1nc2ccccc2o1. The van der Waals surface area contributed by atoms with E-state index in [1.165, 1.54) is 12.1 Å². The minimum Gasteiger partial charge on any atom is -0.423 e. The van der Waals surface area contributed by atoms with Crippen LogP contribution in [-0.4, -0.2) is 39.8 Å². The molecule has 1 aliphatic rings. The summed E-state index contributed by atoms with van der Waals surface area (Å²) in [5.41, 5.74) is 3.42. The number of para-hydroxylation sites is 2. The van der Waals surface area contributed by atoms with E-state index in [2.05, 4.69) is 20.3 Å². The predicted molar refractivity (Wildman–Crippen MR) is 115 cm³/mol. The lowest BCUT2D eigenvalue weighted by Gasteiger charge is -2.23. The number of aromatic nitrogens is 3. The van der Waals surface area contributed by atoms with E-state index in [1.807, 2.05) is 24.3 Å². The van der Waals surface area contributed by atoms with E-state index in [1.54, 1.807) is 29.9 Å². The van der Waals surface area contributed by atoms with Crippen molar-refractivity contribution in [2.45, 2.75) is 18.9 Å². The van der Waals surface area contributed by atoms with E-state index in [0.29, 0.717) is 23.9 Å². The van der Waals surface area contributed by atoms with Crippen molar-refractivity contribution in [1.29, 1.82) is 0 Å². The first-order chi connectivity index (χ1) is 15.1. The summed E-state index contributed by atoms with van der Waals surface area (Å²) in [5.74, 6) is -0.509. The number of carbonyl (C=O) groups is 1. The lowest BCUT2D eigenvalue weighted by atomic mass is 10.1. The number of rotatable bonds is 5. The molecule has 7 nitrogen and oxygen atoms in total. The van der Waals surface area contributed by atoms with Crippen LogP contribution in [0.4, 0.5) is 10.4 Å². The normalized spacial score (nSPS) is 16.2. The number of carbonyl (C=O) groups excluding carboxylic acids is 1. The highest BCUT2D eigenvalue weighted by Crippen LogP contribution is 2.28. The Morgan fingerprint density at radius 3 is 2.84 bits per heavy atom. The molecule has 0 radical (unpaired) electrons. The molecule has 1 fully saturated rings. The van der Waals surface area contributed by atoms with Crippen molar-refractivity contribution in [3.63, 3.8) is 0 Å². The van der Waals surface area contributed by atoms with Gasteiger partial charge in [-0.15, -0.1) is 0 Å². The number of oxazole rings is 1. The molecule has 1 N–H and O–H groups in total. The molecule has 31 heavy (non-hydrogen) atoms. The van der Waals surface area contributed by atoms with Gasteiger partial charge in [-0.2, -0.15) is 10.1 Å². The van der Waals surface area contributed by atoms with Crippen LogP contribution in [0.5, 0.6) is 0 Å². The molecule has 2 aromatic heterocycles. The third-order valence-corrected chi connectivity index (χ3v) is 5.66. The molecule has 158 valence electrons. The molecule has 1 unspecified atom stereocenters. The monoisotopic (exact) mass is 419 g/mol. The number of hydrogen-bond donors (Lipinski definition) is 1. The van der Waals surface area contributed by atoms with E-state index in [0.717, 1.165) is 36.0 Å². The Kier molecular flexibility index (Phi) is 4.89. The van der Waals surface area contributed by atoms with Crippen molar-refractivity contribution in [1.82, 2.24) is 20.1 Å². The van der Waals surface area contributed by atoms with Crippen LogP contribution in [-0.2, 0) is 7.05 Å². The zero-order valence-electron chi connectivity index (χ0n) is 17.1. The molecule has 1 amide bonds. The molecule has 1 aliphatic heterocycles. The van der Waals surface area contributed by atoms with Gasteiger partial charge in [0.2, 0.25) is 0 Å². The maximum Gasteiger partial charge on any atom is 0.298 e. The van der Waals surface area contributed by atoms with Gasteiger partial charge in [0.25, 0.3) is 11.9 Å². The quantitative estimate of drug-likeness (QED) is 0.533. The van der Waals surface area contributed by atoms with Crippen LogP contribution < -0.4 is 10.2 Å². The molecular weight excluding hydrogens is 397 g/mol. The summed E-state index contributed by atoms with van der Waals surface area (Å²) in [6.45, 7) is 1.32. The Morgan fingerprint density at radius 2 is 2.03 bits per heavy atom. The smallest absolute Gasteiger partial charge is 0.298 e. The molecule has 8 heteroatoms. The maximum atomic E-state index is 13.2. The molecule has 0 spiro atoms. The second-order valence-corrected chi connectivity index (χ2v) is 7.71. The van der Waals surface area contributed by atoms with E-state index >= 15 is 0 Å². The summed E-state index contributed by atoms with van der Waals surface area (Å²) in [7, 11) is 1.72. The minimum absolute atomic E-state index is 0.113. The van der Waals surface area contributed by atoms with E-state index in [9.17, 15) is 9.18 Å². The van der Waals surface area contributed by atoms with Crippen molar-refractivity contribution in [3.05, 3.63) is 66.1 Å². The first-order valence-electron chi connectivity index (χ1n) is 10.3. The number of hydrogen-bond acceptors (Lipinski definition) is 5. The summed E-state index contributed by atoms with van der Waals surface area (Å²) >= 11 is 0. The van der Waals surface area contributed by atoms with E-state index in [-0.39, 0.29) is 17.8 Å². The van der Waals surface area contributed by atoms with Crippen LogP contribution in [0.15, 0.2) is 59.0 Å². The number of nitrogens with zero attached hydrogens (tertiary/aromatic N) is 4. The van der Waals surface area contributed by atoms with Gasteiger partial charge in [-0.3, -0.25) is 9.48 Å². The maximum absolute atomic E-state index is 13.2. The average Bonchev–Trinajstić information content (AvgIpc) is 3.50. The Hall–Kier alpha value is -3.68. The second-order valence-electron chi connectivity index (χ2n) is 7.71. The molecule has 5 rings (SSSR count). The minimum atomic E-state index is -0.308. The van der Waals surface area contributed by atoms with Gasteiger partial charge in [-0.1, -0.05) is 12.1 Å². The van der Waals surface area contributed by atoms with Crippen LogP contribution in [0.3, 0.4) is 0 Å². The number of nitrogens with one attached hydrogen (secondary N) is 1. The van der Waals surface area contributed by atoms with E-state index < -0.39 is 0 Å². The Morgan fingerprint density at radius 1 is 1.23 bits per heavy atom. The highest BCUT2D eigenvalue weighted by molar-refractivity contribution is 5.93. The highest BCUT2D eigenvalue weighted by atomic mass is 19.1. The summed E-state index contributed by atoms with van der Waals surface area (Å²) < 4.78 is 20.6. The molecular formula is C23H22FN5O2. The number of benzene rings is 2. The molecule has 3 heterocycles. The number of halogens is 1. The van der Waals surface area contributed by atoms with Gasteiger partial charge in [-0.25, -0.2) is 4.39 Å². The van der Waals surface area contributed by atoms with Crippen molar-refractivity contribution in [3.8, 4) is 11.3 Å². The van der Waals surface area contributed by atoms with Crippen molar-refractivity contribution >= 4 is 23.0 Å². The molecule has 0 aliphatic carbocycles. The van der Waals surface area contributed by atoms with Gasteiger partial charge < -0.3 is 14.6 Å². The average molecular weight is 419 g/mol. The van der Waals surface area contributed by atoms with E-state index in [4.69, 9.17) is 4.42 Å². The van der Waals surface area contributed by atoms with Crippen LogP contribution in [0.2, 0.25) is 0 Å². The molecule has 1 atom stereocenters. The molecule has 1 saturated heterocycles. The van der Waals surface area contributed by atoms with Crippen molar-refractivity contribution in [2.75, 3.05) is 18.0 Å². The number of anilines is 1. The van der Waals surface area contributed by atoms with Gasteiger partial charge in [-0.05, 0) is 55.3 Å². The summed E-state index contributed by atoms with van der Waals surface area (Å²) in [5, 5.41) is 7.41. The first kappa shape index (κ1) is 19.3. The van der Waals surface area contributed by atoms with Gasteiger partial charge in [0.15, 0.2) is 5.58 Å². The summed E-state index contributed by atoms with van der Waals surface area (Å²) in [4.78, 5) is 19.5. The third kappa shape index (κ3) is 3.76. The van der Waals surface area contributed by atoms with Crippen LogP contribution in [0.25, 0.3) is 22.4 Å². The number of fused-ring (bicyclic) bond motifs is 1. The molecule has 0 bridgehead atoms. The topological polar surface area (TPSA) is 76.2 Å². The predicted octanol–water partition coefficient (Wildman–Crippen LogP) is 3.77. The van der Waals surface area contributed by atoms with Crippen LogP contribution in [0, 0.1) is 5.82 Å². The van der Waals surface area contributed by atoms with Gasteiger partial charge >= 0.3 is 0 Å². The van der Waals surface area contributed by atoms with Crippen LogP contribution >= 0.6 is 0 Å². The zero-order valence-corrected chi connectivity index (χ0v) is 17.1.